The summed E-state index contributed by atoms with van der Waals surface area (Å²) in [4.78, 5) is 17.2. The van der Waals surface area contributed by atoms with Crippen LogP contribution in [0.25, 0.3) is 0 Å². The minimum absolute atomic E-state index is 0.256. The molecule has 2 aromatic carbocycles. The Kier molecular flexibility index (Phi) is 6.55. The topological polar surface area (TPSA) is 87.5 Å². The predicted molar refractivity (Wildman–Crippen MR) is 124 cm³/mol. The fourth-order valence-electron chi connectivity index (χ4n) is 3.66. The third-order valence-corrected chi connectivity index (χ3v) is 5.42. The van der Waals surface area contributed by atoms with Crippen LogP contribution in [0.4, 0.5) is 5.95 Å². The van der Waals surface area contributed by atoms with Crippen LogP contribution in [0, 0.1) is 0 Å². The first-order valence-corrected chi connectivity index (χ1v) is 10.9. The number of allylic oxidation sites excluding steroid dienone is 1. The number of fused-ring (bicyclic) bond motifs is 1. The zero-order valence-corrected chi connectivity index (χ0v) is 19.6. The van der Waals surface area contributed by atoms with Gasteiger partial charge < -0.3 is 19.5 Å². The number of esters is 1. The number of nitrogens with one attached hydrogen (secondary N) is 1. The molecule has 1 aromatic heterocycles. The van der Waals surface area contributed by atoms with Crippen LogP contribution >= 0.6 is 11.6 Å². The quantitative estimate of drug-likeness (QED) is 0.500. The standard InChI is InChI=1S/C24H25ClN4O4/c1-14(2)33-23(30)21-15(3)28-24-26-13-27-29(24)22(21)17-7-10-19(20(11-17)31-4)32-12-16-5-8-18(25)9-6-16/h5-11,13-14,22H,12H2,1-4H3,(H,26,27,28). The van der Waals surface area contributed by atoms with E-state index in [2.05, 4.69) is 15.4 Å². The van der Waals surface area contributed by atoms with E-state index in [0.717, 1.165) is 11.1 Å². The van der Waals surface area contributed by atoms with Gasteiger partial charge in [0, 0.05) is 10.7 Å². The molecule has 2 heterocycles. The van der Waals surface area contributed by atoms with Crippen molar-refractivity contribution < 1.29 is 19.0 Å². The Balaban J connectivity index is 1.67. The Bertz CT molecular complexity index is 1190. The van der Waals surface area contributed by atoms with Crippen LogP contribution in [0.2, 0.25) is 5.02 Å². The van der Waals surface area contributed by atoms with Crippen LogP contribution in [0.15, 0.2) is 60.1 Å². The SMILES string of the molecule is COc1cc(C2C(C(=O)OC(C)C)=C(C)Nc3ncnn32)ccc1OCc1ccc(Cl)cc1. The molecule has 8 nitrogen and oxygen atoms in total. The molecule has 3 aromatic rings. The van der Waals surface area contributed by atoms with Gasteiger partial charge in [-0.1, -0.05) is 29.8 Å². The second-order valence-electron chi connectivity index (χ2n) is 7.87. The number of aromatic nitrogens is 3. The van der Waals surface area contributed by atoms with E-state index in [-0.39, 0.29) is 6.10 Å². The Morgan fingerprint density at radius 3 is 2.64 bits per heavy atom. The van der Waals surface area contributed by atoms with Crippen molar-refractivity contribution in [3.63, 3.8) is 0 Å². The molecule has 1 N–H and O–H groups in total. The van der Waals surface area contributed by atoms with Crippen molar-refractivity contribution in [1.29, 1.82) is 0 Å². The lowest BCUT2D eigenvalue weighted by Gasteiger charge is -2.29. The first kappa shape index (κ1) is 22.7. The maximum absolute atomic E-state index is 13.0. The van der Waals surface area contributed by atoms with E-state index >= 15 is 0 Å². The van der Waals surface area contributed by atoms with Crippen LogP contribution < -0.4 is 14.8 Å². The summed E-state index contributed by atoms with van der Waals surface area (Å²) in [6, 6.07) is 12.5. The van der Waals surface area contributed by atoms with Crippen molar-refractivity contribution in [2.24, 2.45) is 0 Å². The van der Waals surface area contributed by atoms with Crippen molar-refractivity contribution in [2.75, 3.05) is 12.4 Å². The van der Waals surface area contributed by atoms with Gasteiger partial charge in [0.25, 0.3) is 0 Å². The normalized spacial score (nSPS) is 15.2. The minimum atomic E-state index is -0.533. The average Bonchev–Trinajstić information content (AvgIpc) is 3.25. The molecule has 1 unspecified atom stereocenters. The van der Waals surface area contributed by atoms with Crippen molar-refractivity contribution in [3.05, 3.63) is 76.2 Å². The lowest BCUT2D eigenvalue weighted by Crippen LogP contribution is -2.30. The molecule has 9 heteroatoms. The zero-order valence-electron chi connectivity index (χ0n) is 18.8. The highest BCUT2D eigenvalue weighted by Crippen LogP contribution is 2.39. The Hall–Kier alpha value is -3.52. The number of halogens is 1. The van der Waals surface area contributed by atoms with E-state index in [1.54, 1.807) is 11.8 Å². The highest BCUT2D eigenvalue weighted by molar-refractivity contribution is 6.30. The summed E-state index contributed by atoms with van der Waals surface area (Å²) in [5, 5.41) is 8.14. The van der Waals surface area contributed by atoms with Crippen LogP contribution in [0.5, 0.6) is 11.5 Å². The van der Waals surface area contributed by atoms with Crippen LogP contribution in [0.1, 0.15) is 37.9 Å². The molecule has 0 saturated heterocycles. The summed E-state index contributed by atoms with van der Waals surface area (Å²) in [5.41, 5.74) is 2.88. The molecule has 1 aliphatic heterocycles. The maximum atomic E-state index is 13.0. The molecule has 0 radical (unpaired) electrons. The highest BCUT2D eigenvalue weighted by atomic mass is 35.5. The third-order valence-electron chi connectivity index (χ3n) is 5.17. The number of nitrogens with zero attached hydrogens (tertiary/aromatic N) is 3. The van der Waals surface area contributed by atoms with Crippen molar-refractivity contribution in [3.8, 4) is 11.5 Å². The van der Waals surface area contributed by atoms with Gasteiger partial charge in [0.05, 0.1) is 18.8 Å². The molecular weight excluding hydrogens is 444 g/mol. The summed E-state index contributed by atoms with van der Waals surface area (Å²) >= 11 is 5.95. The van der Waals surface area contributed by atoms with Gasteiger partial charge in [0.2, 0.25) is 5.95 Å². The minimum Gasteiger partial charge on any atom is -0.493 e. The molecule has 1 atom stereocenters. The number of ether oxygens (including phenoxy) is 3. The van der Waals surface area contributed by atoms with Crippen molar-refractivity contribution in [2.45, 2.75) is 39.5 Å². The van der Waals surface area contributed by atoms with Crippen LogP contribution in [-0.2, 0) is 16.1 Å². The van der Waals surface area contributed by atoms with E-state index in [4.69, 9.17) is 25.8 Å². The first-order chi connectivity index (χ1) is 15.9. The zero-order chi connectivity index (χ0) is 23.5. The molecule has 0 bridgehead atoms. The van der Waals surface area contributed by atoms with Crippen LogP contribution in [-0.4, -0.2) is 33.9 Å². The van der Waals surface area contributed by atoms with Gasteiger partial charge >= 0.3 is 5.97 Å². The predicted octanol–water partition coefficient (Wildman–Crippen LogP) is 4.76. The second kappa shape index (κ2) is 9.54. The molecule has 1 aliphatic rings. The Morgan fingerprint density at radius 2 is 1.94 bits per heavy atom. The third kappa shape index (κ3) is 4.80. The number of methoxy groups -OCH3 is 1. The largest absolute Gasteiger partial charge is 0.493 e. The van der Waals surface area contributed by atoms with Gasteiger partial charge in [-0.05, 0) is 56.2 Å². The summed E-state index contributed by atoms with van der Waals surface area (Å²) in [6.07, 6.45) is 1.19. The second-order valence-corrected chi connectivity index (χ2v) is 8.31. The molecule has 0 spiro atoms. The number of hydrogen-bond donors (Lipinski definition) is 1. The monoisotopic (exact) mass is 468 g/mol. The number of carbonyl (C=O) groups is 1. The van der Waals surface area contributed by atoms with Gasteiger partial charge in [0.15, 0.2) is 11.5 Å². The molecular formula is C24H25ClN4O4. The average molecular weight is 469 g/mol. The number of hydrogen-bond acceptors (Lipinski definition) is 7. The Morgan fingerprint density at radius 1 is 1.18 bits per heavy atom. The fourth-order valence-corrected chi connectivity index (χ4v) is 3.78. The fraction of sp³-hybridized carbons (Fsp3) is 0.292. The van der Waals surface area contributed by atoms with Crippen LogP contribution in [0.3, 0.4) is 0 Å². The number of rotatable bonds is 7. The maximum Gasteiger partial charge on any atom is 0.338 e. The molecule has 0 saturated carbocycles. The van der Waals surface area contributed by atoms with Gasteiger partial charge in [-0.3, -0.25) is 0 Å². The van der Waals surface area contributed by atoms with Gasteiger partial charge in [-0.2, -0.15) is 10.1 Å². The molecule has 33 heavy (non-hydrogen) atoms. The number of anilines is 1. The molecule has 0 aliphatic carbocycles. The van der Waals surface area contributed by atoms with E-state index in [1.807, 2.05) is 63.2 Å². The number of carbonyl (C=O) groups excluding carboxylic acids is 1. The lowest BCUT2D eigenvalue weighted by molar-refractivity contribution is -0.143. The first-order valence-electron chi connectivity index (χ1n) is 10.5. The van der Waals surface area contributed by atoms with E-state index in [1.165, 1.54) is 6.33 Å². The molecule has 0 amide bonds. The van der Waals surface area contributed by atoms with E-state index in [9.17, 15) is 4.79 Å². The summed E-state index contributed by atoms with van der Waals surface area (Å²) in [7, 11) is 1.58. The summed E-state index contributed by atoms with van der Waals surface area (Å²) < 4.78 is 18.8. The molecule has 0 fully saturated rings. The smallest absolute Gasteiger partial charge is 0.338 e. The van der Waals surface area contributed by atoms with E-state index < -0.39 is 12.0 Å². The van der Waals surface area contributed by atoms with Crippen molar-refractivity contribution in [1.82, 2.24) is 14.8 Å². The molecule has 4 rings (SSSR count). The van der Waals surface area contributed by atoms with Gasteiger partial charge in [0.1, 0.15) is 19.0 Å². The Labute approximate surface area is 197 Å². The lowest BCUT2D eigenvalue weighted by atomic mass is 9.95. The van der Waals surface area contributed by atoms with Gasteiger partial charge in [-0.15, -0.1) is 0 Å². The highest BCUT2D eigenvalue weighted by Gasteiger charge is 2.35. The van der Waals surface area contributed by atoms with Crippen molar-refractivity contribution >= 4 is 23.5 Å². The number of benzene rings is 2. The summed E-state index contributed by atoms with van der Waals surface area (Å²) in [6.45, 7) is 5.81. The summed E-state index contributed by atoms with van der Waals surface area (Å²) in [5.74, 6) is 1.25. The molecule has 172 valence electrons. The van der Waals surface area contributed by atoms with Gasteiger partial charge in [-0.25, -0.2) is 9.48 Å². The van der Waals surface area contributed by atoms with E-state index in [0.29, 0.717) is 40.3 Å².